The van der Waals surface area contributed by atoms with Gasteiger partial charge in [-0.25, -0.2) is 4.79 Å². The topological polar surface area (TPSA) is 26.3 Å². The second-order valence-corrected chi connectivity index (χ2v) is 2.44. The molecule has 1 rings (SSSR count). The van der Waals surface area contributed by atoms with Gasteiger partial charge in [0.15, 0.2) is 0 Å². The van der Waals surface area contributed by atoms with Crippen molar-refractivity contribution < 1.29 is 9.53 Å². The minimum Gasteiger partial charge on any atom is -0.457 e. The molecule has 2 heteroatoms. The molecule has 2 nitrogen and oxygen atoms in total. The maximum Gasteiger partial charge on any atom is 0.338 e. The van der Waals surface area contributed by atoms with E-state index in [2.05, 4.69) is 12.3 Å². The SMILES string of the molecule is [13CH2]=[13C]=[13CH]C(=O)OCc1ccccc1. The zero-order valence-electron chi connectivity index (χ0n) is 7.19. The Kier molecular flexibility index (Phi) is 3.55. The minimum atomic E-state index is -0.418. The van der Waals surface area contributed by atoms with Gasteiger partial charge >= 0.3 is 5.97 Å². The molecule has 0 aliphatic rings. The van der Waals surface area contributed by atoms with Crippen LogP contribution in [0.25, 0.3) is 0 Å². The summed E-state index contributed by atoms with van der Waals surface area (Å²) in [5.41, 5.74) is 3.32. The highest BCUT2D eigenvalue weighted by Crippen LogP contribution is 2.00. The van der Waals surface area contributed by atoms with E-state index in [1.54, 1.807) is 0 Å². The maximum atomic E-state index is 10.8. The molecule has 0 heterocycles. The zero-order chi connectivity index (χ0) is 9.52. The summed E-state index contributed by atoms with van der Waals surface area (Å²) in [5, 5.41) is 0. The lowest BCUT2D eigenvalue weighted by Crippen LogP contribution is -1.99. The first-order valence-corrected chi connectivity index (χ1v) is 3.89. The minimum absolute atomic E-state index is 0.290. The van der Waals surface area contributed by atoms with Gasteiger partial charge in [0, 0.05) is 0 Å². The molecule has 0 bridgehead atoms. The fourth-order valence-electron chi connectivity index (χ4n) is 0.854. The molecule has 0 amide bonds. The van der Waals surface area contributed by atoms with Crippen molar-refractivity contribution in [2.45, 2.75) is 6.61 Å². The Hall–Kier alpha value is -1.79. The lowest BCUT2D eigenvalue weighted by Gasteiger charge is -2.00. The van der Waals surface area contributed by atoms with Crippen molar-refractivity contribution in [3.63, 3.8) is 0 Å². The summed E-state index contributed by atoms with van der Waals surface area (Å²) in [6.07, 6.45) is 1.17. The van der Waals surface area contributed by atoms with Crippen LogP contribution < -0.4 is 0 Å². The Morgan fingerprint density at radius 1 is 1.46 bits per heavy atom. The lowest BCUT2D eigenvalue weighted by atomic mass is 10.2. The first-order chi connectivity index (χ1) is 6.33. The number of hydrogen-bond acceptors (Lipinski definition) is 2. The standard InChI is InChI=1S/C11H10O2/c1-2-6-11(12)13-9-10-7-4-3-5-8-10/h3-8H,1,9H2/i1+1,2+1,6+1. The first-order valence-electron chi connectivity index (χ1n) is 3.89. The Balaban J connectivity index is 2.44. The molecule has 0 atom stereocenters. The fourth-order valence-corrected chi connectivity index (χ4v) is 0.854. The summed E-state index contributed by atoms with van der Waals surface area (Å²) in [7, 11) is 0. The van der Waals surface area contributed by atoms with Gasteiger partial charge in [0.1, 0.15) is 6.61 Å². The Labute approximate surface area is 77.2 Å². The first kappa shape index (κ1) is 9.30. The second kappa shape index (κ2) is 4.96. The third kappa shape index (κ3) is 3.41. The van der Waals surface area contributed by atoms with Crippen molar-refractivity contribution in [3.05, 3.63) is 54.3 Å². The second-order valence-electron chi connectivity index (χ2n) is 2.44. The van der Waals surface area contributed by atoms with Gasteiger partial charge in [-0.1, -0.05) is 36.9 Å². The highest BCUT2D eigenvalue weighted by molar-refractivity contribution is 5.81. The van der Waals surface area contributed by atoms with E-state index >= 15 is 0 Å². The number of rotatable bonds is 3. The van der Waals surface area contributed by atoms with E-state index in [1.165, 1.54) is 6.08 Å². The number of carbonyl (C=O) groups excluding carboxylic acids is 1. The van der Waals surface area contributed by atoms with Crippen molar-refractivity contribution in [2.24, 2.45) is 0 Å². The summed E-state index contributed by atoms with van der Waals surface area (Å²) in [6, 6.07) is 9.49. The van der Waals surface area contributed by atoms with Crippen molar-refractivity contribution in [1.82, 2.24) is 0 Å². The number of ether oxygens (including phenoxy) is 1. The van der Waals surface area contributed by atoms with E-state index in [9.17, 15) is 4.79 Å². The Morgan fingerprint density at radius 3 is 2.77 bits per heavy atom. The molecule has 1 aromatic rings. The summed E-state index contributed by atoms with van der Waals surface area (Å²) in [5.74, 6) is -0.418. The Morgan fingerprint density at radius 2 is 2.15 bits per heavy atom. The summed E-state index contributed by atoms with van der Waals surface area (Å²) < 4.78 is 4.87. The van der Waals surface area contributed by atoms with E-state index in [0.717, 1.165) is 5.56 Å². The molecule has 0 saturated heterocycles. The molecular formula is C11H10O2. The number of hydrogen-bond donors (Lipinski definition) is 0. The van der Waals surface area contributed by atoms with Crippen LogP contribution in [-0.2, 0) is 16.1 Å². The fraction of sp³-hybridized carbons (Fsp3) is 0.0909. The molecule has 0 unspecified atom stereocenters. The average Bonchev–Trinajstić information content (AvgIpc) is 2.17. The van der Waals surface area contributed by atoms with Crippen LogP contribution in [0.5, 0.6) is 0 Å². The van der Waals surface area contributed by atoms with Gasteiger partial charge in [-0.2, -0.15) is 0 Å². The largest absolute Gasteiger partial charge is 0.457 e. The summed E-state index contributed by atoms with van der Waals surface area (Å²) >= 11 is 0. The van der Waals surface area contributed by atoms with Crippen LogP contribution in [0.3, 0.4) is 0 Å². The smallest absolute Gasteiger partial charge is 0.338 e. The van der Waals surface area contributed by atoms with Crippen molar-refractivity contribution in [1.29, 1.82) is 0 Å². The van der Waals surface area contributed by atoms with E-state index in [1.807, 2.05) is 30.3 Å². The highest BCUT2D eigenvalue weighted by Gasteiger charge is 1.96. The van der Waals surface area contributed by atoms with Crippen LogP contribution in [0.4, 0.5) is 0 Å². The van der Waals surface area contributed by atoms with Gasteiger partial charge < -0.3 is 4.74 Å². The van der Waals surface area contributed by atoms with Crippen LogP contribution >= 0.6 is 0 Å². The quantitative estimate of drug-likeness (QED) is 0.306. The van der Waals surface area contributed by atoms with Gasteiger partial charge in [0.25, 0.3) is 0 Å². The van der Waals surface area contributed by atoms with Crippen molar-refractivity contribution in [3.8, 4) is 0 Å². The predicted octanol–water partition coefficient (Wildman–Crippen LogP) is 2.07. The highest BCUT2D eigenvalue weighted by atomic mass is 16.5. The lowest BCUT2D eigenvalue weighted by molar-refractivity contribution is -0.138. The Bertz CT molecular complexity index is 321. The molecule has 0 fully saturated rings. The van der Waals surface area contributed by atoms with E-state index < -0.39 is 5.97 Å². The van der Waals surface area contributed by atoms with Gasteiger partial charge in [-0.05, 0) is 5.56 Å². The van der Waals surface area contributed by atoms with E-state index in [0.29, 0.717) is 0 Å². The molecular weight excluding hydrogens is 167 g/mol. The molecule has 0 N–H and O–H groups in total. The maximum absolute atomic E-state index is 10.8. The van der Waals surface area contributed by atoms with Crippen molar-refractivity contribution >= 4 is 5.97 Å². The van der Waals surface area contributed by atoms with Crippen molar-refractivity contribution in [2.75, 3.05) is 0 Å². The number of benzene rings is 1. The van der Waals surface area contributed by atoms with Gasteiger partial charge in [-0.15, -0.1) is 5.73 Å². The normalized spacial score (nSPS) is 8.62. The van der Waals surface area contributed by atoms with Gasteiger partial charge in [0.2, 0.25) is 0 Å². The average molecular weight is 177 g/mol. The molecule has 1 aromatic carbocycles. The van der Waals surface area contributed by atoms with Gasteiger partial charge in [0.05, 0.1) is 6.08 Å². The molecule has 0 aliphatic heterocycles. The van der Waals surface area contributed by atoms with Crippen LogP contribution in [0, 0.1) is 0 Å². The molecule has 0 aromatic heterocycles. The van der Waals surface area contributed by atoms with Gasteiger partial charge in [-0.3, -0.25) is 0 Å². The third-order valence-electron chi connectivity index (χ3n) is 1.44. The predicted molar refractivity (Wildman–Crippen MR) is 49.9 cm³/mol. The van der Waals surface area contributed by atoms with Crippen LogP contribution in [0.2, 0.25) is 0 Å². The molecule has 0 radical (unpaired) electrons. The van der Waals surface area contributed by atoms with Crippen LogP contribution in [0.15, 0.2) is 48.7 Å². The molecule has 66 valence electrons. The molecule has 0 aliphatic carbocycles. The third-order valence-corrected chi connectivity index (χ3v) is 1.44. The summed E-state index contributed by atoms with van der Waals surface area (Å²) in [6.45, 7) is 3.56. The zero-order valence-corrected chi connectivity index (χ0v) is 7.19. The number of esters is 1. The monoisotopic (exact) mass is 177 g/mol. The van der Waals surface area contributed by atoms with E-state index in [4.69, 9.17) is 4.74 Å². The van der Waals surface area contributed by atoms with Crippen LogP contribution in [-0.4, -0.2) is 5.97 Å². The van der Waals surface area contributed by atoms with E-state index in [-0.39, 0.29) is 6.61 Å². The summed E-state index contributed by atoms with van der Waals surface area (Å²) in [4.78, 5) is 10.8. The number of carbonyl (C=O) groups is 1. The van der Waals surface area contributed by atoms with Crippen LogP contribution in [0.1, 0.15) is 5.56 Å². The molecule has 13 heavy (non-hydrogen) atoms. The molecule has 0 saturated carbocycles. The molecule has 0 spiro atoms.